The van der Waals surface area contributed by atoms with E-state index in [1.54, 1.807) is 6.07 Å². The van der Waals surface area contributed by atoms with Crippen molar-refractivity contribution < 1.29 is 18.6 Å². The number of aliphatic hydroxyl groups excluding tert-OH is 1. The predicted octanol–water partition coefficient (Wildman–Crippen LogP) is 3.77. The summed E-state index contributed by atoms with van der Waals surface area (Å²) in [7, 11) is 0. The van der Waals surface area contributed by atoms with Gasteiger partial charge in [-0.15, -0.1) is 0 Å². The van der Waals surface area contributed by atoms with Gasteiger partial charge in [0.15, 0.2) is 0 Å². The lowest BCUT2D eigenvalue weighted by molar-refractivity contribution is 0.0819. The van der Waals surface area contributed by atoms with Gasteiger partial charge in [-0.2, -0.15) is 0 Å². The van der Waals surface area contributed by atoms with Crippen molar-refractivity contribution in [1.82, 2.24) is 0 Å². The summed E-state index contributed by atoms with van der Waals surface area (Å²) >= 11 is 6.02. The van der Waals surface area contributed by atoms with Crippen LogP contribution in [0.1, 0.15) is 19.4 Å². The van der Waals surface area contributed by atoms with Crippen LogP contribution in [0.5, 0.6) is 5.75 Å². The highest BCUT2D eigenvalue weighted by Crippen LogP contribution is 2.37. The maximum atomic E-state index is 12.2. The molecule has 6 heteroatoms. The van der Waals surface area contributed by atoms with Gasteiger partial charge in [-0.3, -0.25) is 0 Å². The standard InChI is InChI=1S/C14H16ClF2NO2/c1-7(2)9-3-8-4-10(15)12(20-6-13(16)17)5-11(8)18-14(9)19/h3-5,7,13-14,18-19H,6H2,1-2H3. The third-order valence-corrected chi connectivity index (χ3v) is 3.36. The maximum absolute atomic E-state index is 12.2. The van der Waals surface area contributed by atoms with Crippen molar-refractivity contribution in [2.75, 3.05) is 11.9 Å². The molecule has 110 valence electrons. The average molecular weight is 304 g/mol. The van der Waals surface area contributed by atoms with Gasteiger partial charge < -0.3 is 15.2 Å². The quantitative estimate of drug-likeness (QED) is 0.889. The third-order valence-electron chi connectivity index (χ3n) is 3.07. The molecule has 0 spiro atoms. The van der Waals surface area contributed by atoms with E-state index < -0.39 is 19.3 Å². The molecule has 0 aromatic heterocycles. The molecule has 3 nitrogen and oxygen atoms in total. The summed E-state index contributed by atoms with van der Waals surface area (Å²) in [5.41, 5.74) is 2.25. The van der Waals surface area contributed by atoms with Crippen LogP contribution in [0.25, 0.3) is 6.08 Å². The summed E-state index contributed by atoms with van der Waals surface area (Å²) in [6.45, 7) is 3.24. The van der Waals surface area contributed by atoms with Crippen LogP contribution in [-0.2, 0) is 0 Å². The number of anilines is 1. The Morgan fingerprint density at radius 1 is 1.40 bits per heavy atom. The molecule has 20 heavy (non-hydrogen) atoms. The molecule has 0 radical (unpaired) electrons. The van der Waals surface area contributed by atoms with Gasteiger partial charge in [0.25, 0.3) is 6.43 Å². The van der Waals surface area contributed by atoms with Gasteiger partial charge in [0.2, 0.25) is 0 Å². The van der Waals surface area contributed by atoms with Crippen LogP contribution in [0.2, 0.25) is 5.02 Å². The summed E-state index contributed by atoms with van der Waals surface area (Å²) < 4.78 is 29.3. The summed E-state index contributed by atoms with van der Waals surface area (Å²) in [4.78, 5) is 0. The fourth-order valence-corrected chi connectivity index (χ4v) is 2.27. The molecule has 0 saturated carbocycles. The number of alkyl halides is 2. The number of rotatable bonds is 4. The molecular formula is C14H16ClF2NO2. The van der Waals surface area contributed by atoms with E-state index in [2.05, 4.69) is 5.32 Å². The first kappa shape index (κ1) is 15.1. The second-order valence-electron chi connectivity index (χ2n) is 4.92. The summed E-state index contributed by atoms with van der Waals surface area (Å²) in [5.74, 6) is 0.353. The lowest BCUT2D eigenvalue weighted by Crippen LogP contribution is -2.27. The molecule has 0 aliphatic carbocycles. The largest absolute Gasteiger partial charge is 0.486 e. The first-order valence-corrected chi connectivity index (χ1v) is 6.67. The van der Waals surface area contributed by atoms with E-state index in [1.165, 1.54) is 6.07 Å². The van der Waals surface area contributed by atoms with E-state index >= 15 is 0 Å². The summed E-state index contributed by atoms with van der Waals surface area (Å²) in [6, 6.07) is 3.16. The minimum absolute atomic E-state index is 0.173. The molecule has 2 N–H and O–H groups in total. The zero-order valence-corrected chi connectivity index (χ0v) is 11.9. The van der Waals surface area contributed by atoms with Gasteiger partial charge >= 0.3 is 0 Å². The van der Waals surface area contributed by atoms with Gasteiger partial charge in [0.05, 0.1) is 5.02 Å². The lowest BCUT2D eigenvalue weighted by atomic mass is 9.95. The molecule has 1 heterocycles. The highest BCUT2D eigenvalue weighted by molar-refractivity contribution is 6.32. The van der Waals surface area contributed by atoms with Gasteiger partial charge in [-0.1, -0.05) is 25.4 Å². The number of fused-ring (bicyclic) bond motifs is 1. The van der Waals surface area contributed by atoms with Crippen LogP contribution in [0, 0.1) is 5.92 Å². The highest BCUT2D eigenvalue weighted by Gasteiger charge is 2.22. The van der Waals surface area contributed by atoms with Crippen LogP contribution in [-0.4, -0.2) is 24.4 Å². The Bertz CT molecular complexity index is 532. The molecule has 1 unspecified atom stereocenters. The van der Waals surface area contributed by atoms with E-state index in [9.17, 15) is 13.9 Å². The monoisotopic (exact) mass is 303 g/mol. The fourth-order valence-electron chi connectivity index (χ4n) is 2.05. The first-order chi connectivity index (χ1) is 9.38. The summed E-state index contributed by atoms with van der Waals surface area (Å²) in [5, 5.41) is 13.2. The number of ether oxygens (including phenoxy) is 1. The van der Waals surface area contributed by atoms with E-state index in [4.69, 9.17) is 16.3 Å². The molecular weight excluding hydrogens is 288 g/mol. The normalized spacial score (nSPS) is 17.8. The molecule has 1 atom stereocenters. The van der Waals surface area contributed by atoms with E-state index in [-0.39, 0.29) is 16.7 Å². The van der Waals surface area contributed by atoms with Crippen LogP contribution in [0.3, 0.4) is 0 Å². The molecule has 0 fully saturated rings. The number of aliphatic hydroxyl groups is 1. The number of halogens is 3. The number of benzene rings is 1. The van der Waals surface area contributed by atoms with E-state index in [0.717, 1.165) is 11.1 Å². The predicted molar refractivity (Wildman–Crippen MR) is 75.4 cm³/mol. The Labute approximate surface area is 121 Å². The molecule has 2 rings (SSSR count). The summed E-state index contributed by atoms with van der Waals surface area (Å²) in [6.07, 6.45) is -1.51. The number of hydrogen-bond acceptors (Lipinski definition) is 3. The lowest BCUT2D eigenvalue weighted by Gasteiger charge is -2.27. The molecule has 0 amide bonds. The Balaban J connectivity index is 2.32. The van der Waals surface area contributed by atoms with Crippen LogP contribution in [0.15, 0.2) is 17.7 Å². The molecule has 0 bridgehead atoms. The smallest absolute Gasteiger partial charge is 0.272 e. The van der Waals surface area contributed by atoms with Crippen molar-refractivity contribution in [2.24, 2.45) is 5.92 Å². The van der Waals surface area contributed by atoms with Crippen molar-refractivity contribution in [3.05, 3.63) is 28.3 Å². The van der Waals surface area contributed by atoms with Crippen LogP contribution >= 0.6 is 11.6 Å². The second kappa shape index (κ2) is 5.97. The van der Waals surface area contributed by atoms with Crippen molar-refractivity contribution in [3.8, 4) is 5.75 Å². The highest BCUT2D eigenvalue weighted by atomic mass is 35.5. The topological polar surface area (TPSA) is 41.5 Å². The van der Waals surface area contributed by atoms with E-state index in [0.29, 0.717) is 5.69 Å². The van der Waals surface area contributed by atoms with Crippen molar-refractivity contribution in [2.45, 2.75) is 26.5 Å². The average Bonchev–Trinajstić information content (AvgIpc) is 2.35. The second-order valence-corrected chi connectivity index (χ2v) is 5.33. The van der Waals surface area contributed by atoms with Crippen LogP contribution < -0.4 is 10.1 Å². The zero-order chi connectivity index (χ0) is 14.9. The molecule has 1 aromatic carbocycles. The Kier molecular flexibility index (Phi) is 4.50. The first-order valence-electron chi connectivity index (χ1n) is 6.29. The number of hydrogen-bond donors (Lipinski definition) is 2. The Morgan fingerprint density at radius 3 is 2.70 bits per heavy atom. The van der Waals surface area contributed by atoms with E-state index in [1.807, 2.05) is 19.9 Å². The van der Waals surface area contributed by atoms with Gasteiger partial charge in [-0.25, -0.2) is 8.78 Å². The van der Waals surface area contributed by atoms with Crippen molar-refractivity contribution >= 4 is 23.4 Å². The maximum Gasteiger partial charge on any atom is 0.272 e. The zero-order valence-electron chi connectivity index (χ0n) is 11.2. The Hall–Kier alpha value is -1.33. The van der Waals surface area contributed by atoms with Gasteiger partial charge in [0.1, 0.15) is 18.6 Å². The molecule has 1 aromatic rings. The van der Waals surface area contributed by atoms with Gasteiger partial charge in [-0.05, 0) is 29.2 Å². The van der Waals surface area contributed by atoms with Crippen molar-refractivity contribution in [1.29, 1.82) is 0 Å². The van der Waals surface area contributed by atoms with Crippen molar-refractivity contribution in [3.63, 3.8) is 0 Å². The fraction of sp³-hybridized carbons (Fsp3) is 0.429. The van der Waals surface area contributed by atoms with Crippen LogP contribution in [0.4, 0.5) is 14.5 Å². The molecule has 1 aliphatic heterocycles. The molecule has 0 saturated heterocycles. The Morgan fingerprint density at radius 2 is 2.10 bits per heavy atom. The third kappa shape index (κ3) is 3.22. The van der Waals surface area contributed by atoms with Gasteiger partial charge in [0, 0.05) is 11.8 Å². The molecule has 1 aliphatic rings. The minimum Gasteiger partial charge on any atom is -0.486 e. The number of nitrogens with one attached hydrogen (secondary N) is 1. The SMILES string of the molecule is CC(C)C1=Cc2cc(Cl)c(OCC(F)F)cc2NC1O. The minimum atomic E-state index is -2.56.